The third-order valence-corrected chi connectivity index (χ3v) is 10.1. The fourth-order valence-corrected chi connectivity index (χ4v) is 7.98. The van der Waals surface area contributed by atoms with Crippen molar-refractivity contribution in [3.8, 4) is 5.69 Å². The van der Waals surface area contributed by atoms with Gasteiger partial charge in [0.1, 0.15) is 22.3 Å². The highest BCUT2D eigenvalue weighted by Gasteiger charge is 2.23. The van der Waals surface area contributed by atoms with Crippen molar-refractivity contribution in [3.63, 3.8) is 0 Å². The Morgan fingerprint density at radius 1 is 0.400 bits per heavy atom. The molecule has 8 aromatic carbocycles. The molecule has 0 atom stereocenters. The van der Waals surface area contributed by atoms with Gasteiger partial charge >= 0.3 is 0 Å². The first-order valence-electron chi connectivity index (χ1n) is 16.9. The lowest BCUT2D eigenvalue weighted by Gasteiger charge is -2.27. The van der Waals surface area contributed by atoms with Gasteiger partial charge in [0.05, 0.1) is 16.7 Å². The summed E-state index contributed by atoms with van der Waals surface area (Å²) in [7, 11) is 0. The van der Waals surface area contributed by atoms with E-state index in [1.165, 1.54) is 27.1 Å². The van der Waals surface area contributed by atoms with Gasteiger partial charge < -0.3 is 18.3 Å². The van der Waals surface area contributed by atoms with Crippen molar-refractivity contribution in [1.82, 2.24) is 4.57 Å². The summed E-state index contributed by atoms with van der Waals surface area (Å²) in [5.74, 6) is 0. The molecule has 234 valence electrons. The average molecular weight is 641 g/mol. The minimum Gasteiger partial charge on any atom is -0.456 e. The predicted octanol–water partition coefficient (Wildman–Crippen LogP) is 13.2. The summed E-state index contributed by atoms with van der Waals surface area (Å²) in [5.41, 5.74) is 10.1. The molecular weight excluding hydrogens is 613 g/mol. The van der Waals surface area contributed by atoms with Gasteiger partial charge in [0.25, 0.3) is 0 Å². The highest BCUT2D eigenvalue weighted by Crippen LogP contribution is 2.46. The van der Waals surface area contributed by atoms with Gasteiger partial charge in [-0.1, -0.05) is 97.1 Å². The Bertz CT molecular complexity index is 3110. The maximum atomic E-state index is 6.45. The van der Waals surface area contributed by atoms with E-state index >= 15 is 0 Å². The Balaban J connectivity index is 1.26. The van der Waals surface area contributed by atoms with Crippen LogP contribution in [0.5, 0.6) is 0 Å². The molecule has 0 fully saturated rings. The minimum absolute atomic E-state index is 0.868. The molecule has 4 heteroatoms. The lowest BCUT2D eigenvalue weighted by Crippen LogP contribution is -2.11. The van der Waals surface area contributed by atoms with Gasteiger partial charge in [0, 0.05) is 49.4 Å². The molecule has 3 heterocycles. The number of para-hydroxylation sites is 4. The molecule has 4 nitrogen and oxygen atoms in total. The highest BCUT2D eigenvalue weighted by molar-refractivity contribution is 6.20. The molecule has 11 rings (SSSR count). The summed E-state index contributed by atoms with van der Waals surface area (Å²) in [6.07, 6.45) is 0. The zero-order valence-corrected chi connectivity index (χ0v) is 26.9. The van der Waals surface area contributed by atoms with Gasteiger partial charge in [0.15, 0.2) is 0 Å². The van der Waals surface area contributed by atoms with Crippen molar-refractivity contribution < 1.29 is 8.83 Å². The van der Waals surface area contributed by atoms with Crippen molar-refractivity contribution in [2.75, 3.05) is 4.90 Å². The van der Waals surface area contributed by atoms with Crippen LogP contribution in [0, 0.1) is 0 Å². The second-order valence-electron chi connectivity index (χ2n) is 12.9. The summed E-state index contributed by atoms with van der Waals surface area (Å²) in [4.78, 5) is 2.39. The third kappa shape index (κ3) is 3.87. The molecule has 0 aliphatic rings. The van der Waals surface area contributed by atoms with E-state index in [2.05, 4.69) is 167 Å². The van der Waals surface area contributed by atoms with Crippen LogP contribution in [-0.4, -0.2) is 4.57 Å². The van der Waals surface area contributed by atoms with Crippen LogP contribution in [-0.2, 0) is 0 Å². The van der Waals surface area contributed by atoms with Crippen LogP contribution in [0.2, 0.25) is 0 Å². The monoisotopic (exact) mass is 640 g/mol. The number of furan rings is 2. The smallest absolute Gasteiger partial charge is 0.136 e. The van der Waals surface area contributed by atoms with Gasteiger partial charge in [-0.2, -0.15) is 0 Å². The number of hydrogen-bond donors (Lipinski definition) is 0. The third-order valence-electron chi connectivity index (χ3n) is 10.1. The van der Waals surface area contributed by atoms with Crippen LogP contribution in [0.1, 0.15) is 0 Å². The SMILES string of the molecule is c1ccc(-n2c3ccccc3c3cccc(N(c4ccc5oc6ccccc6c5c4)c4ccc5oc6ccc7ccccc7c6c5c4)c32)cc1. The molecule has 50 heavy (non-hydrogen) atoms. The molecule has 0 radical (unpaired) electrons. The molecule has 0 N–H and O–H groups in total. The Kier molecular flexibility index (Phi) is 5.63. The molecule has 0 aliphatic heterocycles. The molecule has 0 saturated heterocycles. The Morgan fingerprint density at radius 3 is 1.88 bits per heavy atom. The van der Waals surface area contributed by atoms with Crippen LogP contribution in [0.25, 0.3) is 82.1 Å². The summed E-state index contributed by atoms with van der Waals surface area (Å²) in [6.45, 7) is 0. The number of benzene rings is 8. The van der Waals surface area contributed by atoms with E-state index in [9.17, 15) is 0 Å². The van der Waals surface area contributed by atoms with Crippen molar-refractivity contribution in [2.24, 2.45) is 0 Å². The number of rotatable bonds is 4. The highest BCUT2D eigenvalue weighted by atomic mass is 16.3. The van der Waals surface area contributed by atoms with E-state index in [0.29, 0.717) is 0 Å². The van der Waals surface area contributed by atoms with E-state index in [1.807, 2.05) is 12.1 Å². The average Bonchev–Trinajstić information content (AvgIpc) is 3.85. The summed E-state index contributed by atoms with van der Waals surface area (Å²) in [5, 5.41) is 9.19. The molecule has 0 bridgehead atoms. The molecule has 0 spiro atoms. The topological polar surface area (TPSA) is 34.5 Å². The van der Waals surface area contributed by atoms with Crippen LogP contribution >= 0.6 is 0 Å². The van der Waals surface area contributed by atoms with E-state index in [-0.39, 0.29) is 0 Å². The number of nitrogens with zero attached hydrogens (tertiary/aromatic N) is 2. The molecule has 0 unspecified atom stereocenters. The normalized spacial score (nSPS) is 12.0. The van der Waals surface area contributed by atoms with E-state index < -0.39 is 0 Å². The van der Waals surface area contributed by atoms with Crippen LogP contribution in [0.4, 0.5) is 17.1 Å². The van der Waals surface area contributed by atoms with Crippen molar-refractivity contribution in [2.45, 2.75) is 0 Å². The standard InChI is InChI=1S/C46H28N2O2/c1-2-12-30(13-3-1)48-39-18-8-6-15-34(39)36-17-10-19-40(46(36)48)47(31-22-25-42-37(27-31)35-16-7-9-20-41(35)49-42)32-23-26-43-38(28-32)45-33-14-5-4-11-29(33)21-24-44(45)50-43/h1-28H. The first kappa shape index (κ1) is 27.2. The predicted molar refractivity (Wildman–Crippen MR) is 208 cm³/mol. The first-order valence-corrected chi connectivity index (χ1v) is 16.9. The fourth-order valence-electron chi connectivity index (χ4n) is 7.98. The zero-order valence-electron chi connectivity index (χ0n) is 26.9. The lowest BCUT2D eigenvalue weighted by atomic mass is 10.0. The number of aromatic nitrogens is 1. The van der Waals surface area contributed by atoms with Crippen LogP contribution in [0.15, 0.2) is 179 Å². The lowest BCUT2D eigenvalue weighted by molar-refractivity contribution is 0.669. The van der Waals surface area contributed by atoms with Crippen molar-refractivity contribution in [1.29, 1.82) is 0 Å². The fraction of sp³-hybridized carbons (Fsp3) is 0. The van der Waals surface area contributed by atoms with E-state index in [1.54, 1.807) is 0 Å². The molecule has 11 aromatic rings. The molecular formula is C46H28N2O2. The van der Waals surface area contributed by atoms with E-state index in [4.69, 9.17) is 8.83 Å². The van der Waals surface area contributed by atoms with Crippen LogP contribution in [0.3, 0.4) is 0 Å². The maximum Gasteiger partial charge on any atom is 0.136 e. The Labute approximate surface area is 286 Å². The van der Waals surface area contributed by atoms with Gasteiger partial charge in [-0.25, -0.2) is 0 Å². The summed E-state index contributed by atoms with van der Waals surface area (Å²) >= 11 is 0. The van der Waals surface area contributed by atoms with Crippen molar-refractivity contribution >= 4 is 93.5 Å². The van der Waals surface area contributed by atoms with Gasteiger partial charge in [-0.15, -0.1) is 0 Å². The summed E-state index contributed by atoms with van der Waals surface area (Å²) in [6, 6.07) is 60.2. The van der Waals surface area contributed by atoms with Gasteiger partial charge in [-0.3, -0.25) is 0 Å². The van der Waals surface area contributed by atoms with Gasteiger partial charge in [-0.05, 0) is 83.6 Å². The number of hydrogen-bond acceptors (Lipinski definition) is 3. The zero-order chi connectivity index (χ0) is 32.8. The maximum absolute atomic E-state index is 6.45. The quantitative estimate of drug-likeness (QED) is 0.192. The summed E-state index contributed by atoms with van der Waals surface area (Å²) < 4.78 is 15.1. The van der Waals surface area contributed by atoms with Crippen LogP contribution < -0.4 is 4.90 Å². The van der Waals surface area contributed by atoms with Crippen molar-refractivity contribution in [3.05, 3.63) is 170 Å². The number of fused-ring (bicyclic) bond motifs is 11. The minimum atomic E-state index is 0.868. The molecule has 0 amide bonds. The Morgan fingerprint density at radius 2 is 1.02 bits per heavy atom. The second kappa shape index (κ2) is 10.4. The van der Waals surface area contributed by atoms with E-state index in [0.717, 1.165) is 72.1 Å². The first-order chi connectivity index (χ1) is 24.8. The largest absolute Gasteiger partial charge is 0.456 e. The van der Waals surface area contributed by atoms with Gasteiger partial charge in [0.2, 0.25) is 0 Å². The second-order valence-corrected chi connectivity index (χ2v) is 12.9. The molecule has 3 aromatic heterocycles. The molecule has 0 saturated carbocycles. The Hall–Kier alpha value is -6.78. The molecule has 0 aliphatic carbocycles. The number of anilines is 3.